The maximum Gasteiger partial charge on any atom is 0.0915 e. The normalized spacial score (nSPS) is 26.8. The molecule has 0 amide bonds. The smallest absolute Gasteiger partial charge is 0.0915 e. The van der Waals surface area contributed by atoms with Crippen LogP contribution in [0.25, 0.3) is 0 Å². The Kier molecular flexibility index (Phi) is 3.25. The second-order valence-electron chi connectivity index (χ2n) is 5.07. The molecule has 1 N–H and O–H groups in total. The molecule has 1 saturated carbocycles. The van der Waals surface area contributed by atoms with Crippen molar-refractivity contribution in [3.63, 3.8) is 0 Å². The fraction of sp³-hybridized carbons (Fsp3) is 0.667. The summed E-state index contributed by atoms with van der Waals surface area (Å²) in [6.07, 6.45) is 3.37. The third-order valence-corrected chi connectivity index (χ3v) is 5.30. The van der Waals surface area contributed by atoms with E-state index in [-0.39, 0.29) is 11.5 Å². The van der Waals surface area contributed by atoms with Crippen LogP contribution in [0.3, 0.4) is 0 Å². The summed E-state index contributed by atoms with van der Waals surface area (Å²) in [5.41, 5.74) is 0.288. The average molecular weight is 289 g/mol. The molecular weight excluding hydrogens is 272 g/mol. The Morgan fingerprint density at radius 2 is 2.27 bits per heavy atom. The van der Waals surface area contributed by atoms with Crippen molar-refractivity contribution < 1.29 is 5.11 Å². The summed E-state index contributed by atoms with van der Waals surface area (Å²) in [5, 5.41) is 10.4. The first kappa shape index (κ1) is 11.6. The monoisotopic (exact) mass is 288 g/mol. The van der Waals surface area contributed by atoms with Crippen LogP contribution >= 0.6 is 27.3 Å². The SMILES string of the molecule is CC1(C)CCCC1C(O)c1ccc(Br)s1. The quantitative estimate of drug-likeness (QED) is 0.857. The van der Waals surface area contributed by atoms with Crippen molar-refractivity contribution in [2.24, 2.45) is 11.3 Å². The average Bonchev–Trinajstić information content (AvgIpc) is 2.70. The third kappa shape index (κ3) is 2.29. The minimum atomic E-state index is -0.279. The summed E-state index contributed by atoms with van der Waals surface area (Å²) in [4.78, 5) is 1.10. The fourth-order valence-electron chi connectivity index (χ4n) is 2.62. The van der Waals surface area contributed by atoms with Gasteiger partial charge in [0.15, 0.2) is 0 Å². The molecule has 0 saturated heterocycles. The van der Waals surface area contributed by atoms with Crippen LogP contribution in [0.15, 0.2) is 15.9 Å². The van der Waals surface area contributed by atoms with Crippen LogP contribution in [0.2, 0.25) is 0 Å². The molecule has 2 rings (SSSR count). The number of thiophene rings is 1. The highest BCUT2D eigenvalue weighted by Crippen LogP contribution is 2.49. The van der Waals surface area contributed by atoms with Crippen molar-refractivity contribution in [2.45, 2.75) is 39.2 Å². The van der Waals surface area contributed by atoms with Crippen molar-refractivity contribution >= 4 is 27.3 Å². The van der Waals surface area contributed by atoms with Gasteiger partial charge in [-0.3, -0.25) is 0 Å². The molecule has 1 heterocycles. The molecule has 0 spiro atoms. The number of aliphatic hydroxyl groups excluding tert-OH is 1. The van der Waals surface area contributed by atoms with Gasteiger partial charge in [-0.05, 0) is 52.2 Å². The van der Waals surface area contributed by atoms with E-state index in [1.807, 2.05) is 12.1 Å². The van der Waals surface area contributed by atoms with E-state index in [9.17, 15) is 5.11 Å². The molecular formula is C12H17BrOS. The van der Waals surface area contributed by atoms with Gasteiger partial charge in [-0.25, -0.2) is 0 Å². The summed E-state index contributed by atoms with van der Waals surface area (Å²) >= 11 is 5.10. The van der Waals surface area contributed by atoms with Gasteiger partial charge in [0.2, 0.25) is 0 Å². The standard InChI is InChI=1S/C12H17BrOS/c1-12(2)7-3-4-8(12)11(14)9-5-6-10(13)15-9/h5-6,8,11,14H,3-4,7H2,1-2H3. The number of hydrogen-bond donors (Lipinski definition) is 1. The number of rotatable bonds is 2. The van der Waals surface area contributed by atoms with Crippen LogP contribution in [0, 0.1) is 11.3 Å². The highest BCUT2D eigenvalue weighted by atomic mass is 79.9. The molecule has 15 heavy (non-hydrogen) atoms. The summed E-state index contributed by atoms with van der Waals surface area (Å²) in [5.74, 6) is 0.419. The lowest BCUT2D eigenvalue weighted by Gasteiger charge is -2.30. The van der Waals surface area contributed by atoms with Crippen molar-refractivity contribution in [3.8, 4) is 0 Å². The van der Waals surface area contributed by atoms with E-state index in [4.69, 9.17) is 0 Å². The Bertz CT molecular complexity index is 345. The lowest BCUT2D eigenvalue weighted by molar-refractivity contribution is 0.0558. The Morgan fingerprint density at radius 3 is 2.73 bits per heavy atom. The van der Waals surface area contributed by atoms with Gasteiger partial charge >= 0.3 is 0 Å². The number of aliphatic hydroxyl groups is 1. The molecule has 1 nitrogen and oxygen atoms in total. The second-order valence-corrected chi connectivity index (χ2v) is 7.57. The minimum Gasteiger partial charge on any atom is -0.387 e. The number of halogens is 1. The zero-order valence-electron chi connectivity index (χ0n) is 9.16. The van der Waals surface area contributed by atoms with Crippen molar-refractivity contribution in [2.75, 3.05) is 0 Å². The van der Waals surface area contributed by atoms with E-state index in [0.29, 0.717) is 5.92 Å². The summed E-state index contributed by atoms with van der Waals surface area (Å²) in [6.45, 7) is 4.55. The molecule has 1 aromatic rings. The zero-order valence-corrected chi connectivity index (χ0v) is 11.6. The van der Waals surface area contributed by atoms with Gasteiger partial charge in [-0.2, -0.15) is 0 Å². The van der Waals surface area contributed by atoms with Gasteiger partial charge in [-0.15, -0.1) is 11.3 Å². The molecule has 1 aromatic heterocycles. The Hall–Kier alpha value is 0.140. The number of hydrogen-bond acceptors (Lipinski definition) is 2. The zero-order chi connectivity index (χ0) is 11.1. The molecule has 84 valence electrons. The van der Waals surface area contributed by atoms with Gasteiger partial charge in [-0.1, -0.05) is 20.3 Å². The largest absolute Gasteiger partial charge is 0.387 e. The topological polar surface area (TPSA) is 20.2 Å². The van der Waals surface area contributed by atoms with E-state index >= 15 is 0 Å². The summed E-state index contributed by atoms with van der Waals surface area (Å²) < 4.78 is 1.10. The molecule has 3 heteroatoms. The second kappa shape index (κ2) is 4.19. The predicted molar refractivity (Wildman–Crippen MR) is 68.1 cm³/mol. The van der Waals surface area contributed by atoms with Crippen molar-refractivity contribution in [1.82, 2.24) is 0 Å². The van der Waals surface area contributed by atoms with Crippen LogP contribution < -0.4 is 0 Å². The van der Waals surface area contributed by atoms with E-state index < -0.39 is 0 Å². The van der Waals surface area contributed by atoms with Gasteiger partial charge in [0.05, 0.1) is 9.89 Å². The molecule has 0 aromatic carbocycles. The molecule has 1 fully saturated rings. The maximum atomic E-state index is 10.4. The molecule has 2 atom stereocenters. The maximum absolute atomic E-state index is 10.4. The van der Waals surface area contributed by atoms with Crippen molar-refractivity contribution in [1.29, 1.82) is 0 Å². The molecule has 1 aliphatic carbocycles. The molecule has 2 unspecified atom stereocenters. The van der Waals surface area contributed by atoms with Crippen molar-refractivity contribution in [3.05, 3.63) is 20.8 Å². The lowest BCUT2D eigenvalue weighted by Crippen LogP contribution is -2.23. The molecule has 0 aliphatic heterocycles. The van der Waals surface area contributed by atoms with Gasteiger partial charge in [0.1, 0.15) is 0 Å². The lowest BCUT2D eigenvalue weighted by atomic mass is 9.78. The summed E-state index contributed by atoms with van der Waals surface area (Å²) in [7, 11) is 0. The van der Waals surface area contributed by atoms with E-state index in [0.717, 1.165) is 15.1 Å². The minimum absolute atomic E-state index is 0.279. The predicted octanol–water partition coefficient (Wildman–Crippen LogP) is 4.37. The Morgan fingerprint density at radius 1 is 1.53 bits per heavy atom. The van der Waals surface area contributed by atoms with Crippen LogP contribution in [0.1, 0.15) is 44.1 Å². The highest BCUT2D eigenvalue weighted by Gasteiger charge is 2.39. The Balaban J connectivity index is 2.17. The van der Waals surface area contributed by atoms with Crippen LogP contribution in [-0.2, 0) is 0 Å². The van der Waals surface area contributed by atoms with Crippen LogP contribution in [0.4, 0.5) is 0 Å². The van der Waals surface area contributed by atoms with Crippen LogP contribution in [0.5, 0.6) is 0 Å². The molecule has 1 aliphatic rings. The van der Waals surface area contributed by atoms with Crippen LogP contribution in [-0.4, -0.2) is 5.11 Å². The first-order chi connectivity index (χ1) is 7.00. The van der Waals surface area contributed by atoms with E-state index in [2.05, 4.69) is 29.8 Å². The highest BCUT2D eigenvalue weighted by molar-refractivity contribution is 9.11. The van der Waals surface area contributed by atoms with Gasteiger partial charge < -0.3 is 5.11 Å². The first-order valence-electron chi connectivity index (χ1n) is 5.44. The summed E-state index contributed by atoms with van der Waals surface area (Å²) in [6, 6.07) is 4.05. The fourth-order valence-corrected chi connectivity index (χ4v) is 4.10. The Labute approximate surface area is 104 Å². The van der Waals surface area contributed by atoms with Gasteiger partial charge in [0, 0.05) is 4.88 Å². The third-order valence-electron chi connectivity index (χ3n) is 3.61. The van der Waals surface area contributed by atoms with Gasteiger partial charge in [0.25, 0.3) is 0 Å². The molecule has 0 radical (unpaired) electrons. The molecule has 0 bridgehead atoms. The first-order valence-corrected chi connectivity index (χ1v) is 7.05. The van der Waals surface area contributed by atoms with E-state index in [1.165, 1.54) is 12.8 Å². The van der Waals surface area contributed by atoms with E-state index in [1.54, 1.807) is 11.3 Å².